The Morgan fingerprint density at radius 2 is 2.00 bits per heavy atom. The van der Waals surface area contributed by atoms with Gasteiger partial charge in [0, 0.05) is 23.9 Å². The van der Waals surface area contributed by atoms with Gasteiger partial charge in [0.2, 0.25) is 0 Å². The van der Waals surface area contributed by atoms with E-state index < -0.39 is 0 Å². The Morgan fingerprint density at radius 1 is 1.26 bits per heavy atom. The minimum Gasteiger partial charge on any atom is -0.381 e. The van der Waals surface area contributed by atoms with Crippen LogP contribution in [0.1, 0.15) is 48.5 Å². The van der Waals surface area contributed by atoms with Gasteiger partial charge in [-0.15, -0.1) is 0 Å². The van der Waals surface area contributed by atoms with Gasteiger partial charge in [-0.2, -0.15) is 0 Å². The summed E-state index contributed by atoms with van der Waals surface area (Å²) in [6.07, 6.45) is 3.26. The van der Waals surface area contributed by atoms with Crippen molar-refractivity contribution in [2.75, 3.05) is 26.3 Å². The van der Waals surface area contributed by atoms with E-state index in [-0.39, 0.29) is 0 Å². The van der Waals surface area contributed by atoms with Gasteiger partial charge in [0.1, 0.15) is 5.82 Å². The van der Waals surface area contributed by atoms with Gasteiger partial charge in [-0.05, 0) is 51.8 Å². The van der Waals surface area contributed by atoms with E-state index in [1.54, 1.807) is 0 Å². The van der Waals surface area contributed by atoms with Crippen molar-refractivity contribution < 1.29 is 4.74 Å². The molecule has 1 N–H and O–H groups in total. The first-order valence-corrected chi connectivity index (χ1v) is 7.34. The third-order valence-corrected chi connectivity index (χ3v) is 3.76. The molecule has 106 valence electrons. The van der Waals surface area contributed by atoms with Gasteiger partial charge in [0.25, 0.3) is 0 Å². The highest BCUT2D eigenvalue weighted by molar-refractivity contribution is 5.25. The molecule has 1 fully saturated rings. The molecule has 0 radical (unpaired) electrons. The highest BCUT2D eigenvalue weighted by atomic mass is 16.5. The van der Waals surface area contributed by atoms with Crippen LogP contribution in [-0.2, 0) is 11.2 Å². The van der Waals surface area contributed by atoms with Crippen molar-refractivity contribution in [3.05, 3.63) is 22.8 Å². The van der Waals surface area contributed by atoms with Crippen LogP contribution in [0.4, 0.5) is 0 Å². The fourth-order valence-electron chi connectivity index (χ4n) is 2.61. The fourth-order valence-corrected chi connectivity index (χ4v) is 2.61. The van der Waals surface area contributed by atoms with Gasteiger partial charge in [-0.3, -0.25) is 0 Å². The predicted molar refractivity (Wildman–Crippen MR) is 76.5 cm³/mol. The maximum absolute atomic E-state index is 5.43. The first-order chi connectivity index (χ1) is 9.22. The summed E-state index contributed by atoms with van der Waals surface area (Å²) >= 11 is 0. The summed E-state index contributed by atoms with van der Waals surface area (Å²) in [5, 5.41) is 3.36. The van der Waals surface area contributed by atoms with E-state index >= 15 is 0 Å². The number of nitrogens with one attached hydrogen (secondary N) is 1. The second-order valence-corrected chi connectivity index (χ2v) is 5.25. The number of rotatable bonds is 6. The monoisotopic (exact) mass is 263 g/mol. The standard InChI is InChI=1S/C15H25N3O/c1-4-16-8-5-6-14-11(2)17-15(18-12(14)3)13-7-9-19-10-13/h13,16H,4-10H2,1-3H3. The average Bonchev–Trinajstić information content (AvgIpc) is 2.90. The average molecular weight is 263 g/mol. The number of ether oxygens (including phenoxy) is 1. The minimum atomic E-state index is 0.396. The molecule has 0 aromatic carbocycles. The molecule has 1 unspecified atom stereocenters. The quantitative estimate of drug-likeness (QED) is 0.799. The molecule has 1 atom stereocenters. The molecular formula is C15H25N3O. The molecule has 2 heterocycles. The van der Waals surface area contributed by atoms with Crippen LogP contribution < -0.4 is 5.32 Å². The lowest BCUT2D eigenvalue weighted by Gasteiger charge is -2.13. The van der Waals surface area contributed by atoms with Gasteiger partial charge in [0.15, 0.2) is 0 Å². The number of hydrogen-bond acceptors (Lipinski definition) is 4. The van der Waals surface area contributed by atoms with Crippen LogP contribution in [0.3, 0.4) is 0 Å². The number of aryl methyl sites for hydroxylation is 2. The van der Waals surface area contributed by atoms with E-state index in [0.717, 1.165) is 62.8 Å². The lowest BCUT2D eigenvalue weighted by molar-refractivity contribution is 0.193. The third kappa shape index (κ3) is 3.74. The van der Waals surface area contributed by atoms with Crippen molar-refractivity contribution in [3.63, 3.8) is 0 Å². The Hall–Kier alpha value is -1.00. The Kier molecular flexibility index (Phi) is 5.28. The molecular weight excluding hydrogens is 238 g/mol. The fraction of sp³-hybridized carbons (Fsp3) is 0.733. The lowest BCUT2D eigenvalue weighted by atomic mass is 10.0. The predicted octanol–water partition coefficient (Wildman–Crippen LogP) is 2.14. The van der Waals surface area contributed by atoms with Gasteiger partial charge in [-0.1, -0.05) is 6.92 Å². The van der Waals surface area contributed by atoms with Crippen molar-refractivity contribution in [1.29, 1.82) is 0 Å². The zero-order valence-corrected chi connectivity index (χ0v) is 12.3. The highest BCUT2D eigenvalue weighted by Crippen LogP contribution is 2.24. The van der Waals surface area contributed by atoms with Crippen LogP contribution in [0.15, 0.2) is 0 Å². The Labute approximate surface area is 116 Å². The molecule has 1 aliphatic heterocycles. The summed E-state index contributed by atoms with van der Waals surface area (Å²) in [7, 11) is 0. The van der Waals surface area contributed by atoms with Crippen LogP contribution in [0.2, 0.25) is 0 Å². The second kappa shape index (κ2) is 6.96. The third-order valence-electron chi connectivity index (χ3n) is 3.76. The minimum absolute atomic E-state index is 0.396. The van der Waals surface area contributed by atoms with Gasteiger partial charge < -0.3 is 10.1 Å². The Bertz CT molecular complexity index is 391. The summed E-state index contributed by atoms with van der Waals surface area (Å²) in [6.45, 7) is 10.1. The summed E-state index contributed by atoms with van der Waals surface area (Å²) in [5.74, 6) is 1.37. The maximum atomic E-state index is 5.43. The molecule has 0 saturated carbocycles. The van der Waals surface area contributed by atoms with Crippen LogP contribution in [0, 0.1) is 13.8 Å². The van der Waals surface area contributed by atoms with Gasteiger partial charge >= 0.3 is 0 Å². The number of hydrogen-bond donors (Lipinski definition) is 1. The first-order valence-electron chi connectivity index (χ1n) is 7.34. The smallest absolute Gasteiger partial charge is 0.134 e. The zero-order chi connectivity index (χ0) is 13.7. The Balaban J connectivity index is 2.04. The molecule has 1 aliphatic rings. The van der Waals surface area contributed by atoms with E-state index in [0.29, 0.717) is 5.92 Å². The summed E-state index contributed by atoms with van der Waals surface area (Å²) in [6, 6.07) is 0. The van der Waals surface area contributed by atoms with Gasteiger partial charge in [0.05, 0.1) is 6.61 Å². The van der Waals surface area contributed by atoms with Crippen LogP contribution >= 0.6 is 0 Å². The Morgan fingerprint density at radius 3 is 2.58 bits per heavy atom. The molecule has 0 bridgehead atoms. The van der Waals surface area contributed by atoms with E-state index in [1.807, 2.05) is 0 Å². The first kappa shape index (κ1) is 14.4. The summed E-state index contributed by atoms with van der Waals surface area (Å²) in [5.41, 5.74) is 3.61. The molecule has 0 amide bonds. The highest BCUT2D eigenvalue weighted by Gasteiger charge is 2.21. The molecule has 2 rings (SSSR count). The number of aromatic nitrogens is 2. The molecule has 1 aromatic rings. The van der Waals surface area contributed by atoms with E-state index in [9.17, 15) is 0 Å². The van der Waals surface area contributed by atoms with Crippen molar-refractivity contribution in [2.45, 2.75) is 46.0 Å². The normalized spacial score (nSPS) is 19.0. The van der Waals surface area contributed by atoms with Crippen molar-refractivity contribution in [3.8, 4) is 0 Å². The molecule has 1 aromatic heterocycles. The summed E-state index contributed by atoms with van der Waals surface area (Å²) in [4.78, 5) is 9.41. The van der Waals surface area contributed by atoms with E-state index in [4.69, 9.17) is 14.7 Å². The van der Waals surface area contributed by atoms with Crippen LogP contribution in [-0.4, -0.2) is 36.3 Å². The van der Waals surface area contributed by atoms with E-state index in [1.165, 1.54) is 5.56 Å². The van der Waals surface area contributed by atoms with Crippen molar-refractivity contribution >= 4 is 0 Å². The van der Waals surface area contributed by atoms with E-state index in [2.05, 4.69) is 26.1 Å². The van der Waals surface area contributed by atoms with Crippen molar-refractivity contribution in [1.82, 2.24) is 15.3 Å². The molecule has 0 aliphatic carbocycles. The largest absolute Gasteiger partial charge is 0.381 e. The van der Waals surface area contributed by atoms with Crippen molar-refractivity contribution in [2.24, 2.45) is 0 Å². The SMILES string of the molecule is CCNCCCc1c(C)nc(C2CCOC2)nc1C. The summed E-state index contributed by atoms with van der Waals surface area (Å²) < 4.78 is 5.43. The second-order valence-electron chi connectivity index (χ2n) is 5.25. The maximum Gasteiger partial charge on any atom is 0.134 e. The zero-order valence-electron chi connectivity index (χ0n) is 12.3. The molecule has 4 heteroatoms. The number of nitrogens with zero attached hydrogens (tertiary/aromatic N) is 2. The molecule has 4 nitrogen and oxygen atoms in total. The van der Waals surface area contributed by atoms with Crippen LogP contribution in [0.5, 0.6) is 0 Å². The molecule has 19 heavy (non-hydrogen) atoms. The molecule has 0 spiro atoms. The van der Waals surface area contributed by atoms with Crippen LogP contribution in [0.25, 0.3) is 0 Å². The topological polar surface area (TPSA) is 47.0 Å². The van der Waals surface area contributed by atoms with Gasteiger partial charge in [-0.25, -0.2) is 9.97 Å². The lowest BCUT2D eigenvalue weighted by Crippen LogP contribution is -2.16. The molecule has 1 saturated heterocycles.